The number of benzene rings is 1. The van der Waals surface area contributed by atoms with Gasteiger partial charge in [0.25, 0.3) is 0 Å². The highest BCUT2D eigenvalue weighted by atomic mass is 19.4. The maximum atomic E-state index is 13.2. The molecule has 0 fully saturated rings. The first-order chi connectivity index (χ1) is 17.6. The summed E-state index contributed by atoms with van der Waals surface area (Å²) in [4.78, 5) is 36.4. The Balaban J connectivity index is 1.84. The fourth-order valence-corrected chi connectivity index (χ4v) is 3.30. The second-order valence-electron chi connectivity index (χ2n) is 7.42. The van der Waals surface area contributed by atoms with Gasteiger partial charge < -0.3 is 20.5 Å². The van der Waals surface area contributed by atoms with Crippen LogP contribution in [0.15, 0.2) is 55.0 Å². The summed E-state index contributed by atoms with van der Waals surface area (Å²) in [5.41, 5.74) is 5.28. The van der Waals surface area contributed by atoms with Gasteiger partial charge in [0.2, 0.25) is 17.7 Å². The first kappa shape index (κ1) is 25.1. The van der Waals surface area contributed by atoms with Crippen LogP contribution in [0.1, 0.15) is 26.4 Å². The maximum Gasteiger partial charge on any atom is 0.435 e. The number of nitrogens with zero attached hydrogens (tertiary/aromatic N) is 5. The number of hydrogen-bond donors (Lipinski definition) is 2. The van der Waals surface area contributed by atoms with Crippen molar-refractivity contribution in [2.75, 3.05) is 19.5 Å². The number of nitrogens with two attached hydrogens (primary N) is 1. The van der Waals surface area contributed by atoms with Crippen LogP contribution in [-0.2, 0) is 10.9 Å². The van der Waals surface area contributed by atoms with Gasteiger partial charge in [0.05, 0.1) is 14.2 Å². The molecule has 3 N–H and O–H groups in total. The number of nitrogens with one attached hydrogen (secondary N) is 1. The maximum absolute atomic E-state index is 13.2. The molecule has 0 saturated heterocycles. The quantitative estimate of drug-likeness (QED) is 0.355. The summed E-state index contributed by atoms with van der Waals surface area (Å²) in [6.45, 7) is 0. The molecule has 190 valence electrons. The molecule has 4 aromatic rings. The van der Waals surface area contributed by atoms with Crippen LogP contribution in [0.5, 0.6) is 5.88 Å². The molecule has 4 rings (SSSR count). The Morgan fingerprint density at radius 1 is 1.08 bits per heavy atom. The number of anilines is 2. The fourth-order valence-electron chi connectivity index (χ4n) is 3.30. The zero-order valence-electron chi connectivity index (χ0n) is 19.3. The normalized spacial score (nSPS) is 11.2. The van der Waals surface area contributed by atoms with Crippen molar-refractivity contribution in [2.45, 2.75) is 6.18 Å². The Morgan fingerprint density at radius 2 is 1.86 bits per heavy atom. The second kappa shape index (κ2) is 9.93. The summed E-state index contributed by atoms with van der Waals surface area (Å²) in [6.07, 6.45) is -0.939. The van der Waals surface area contributed by atoms with Crippen molar-refractivity contribution < 1.29 is 32.2 Å². The van der Waals surface area contributed by atoms with Crippen LogP contribution in [-0.4, -0.2) is 50.8 Å². The second-order valence-corrected chi connectivity index (χ2v) is 7.42. The lowest BCUT2D eigenvalue weighted by Crippen LogP contribution is -2.12. The van der Waals surface area contributed by atoms with Crippen LogP contribution >= 0.6 is 0 Å². The van der Waals surface area contributed by atoms with Crippen molar-refractivity contribution in [2.24, 2.45) is 5.73 Å². The van der Waals surface area contributed by atoms with E-state index in [0.717, 1.165) is 16.9 Å². The zero-order chi connectivity index (χ0) is 26.7. The lowest BCUT2D eigenvalue weighted by molar-refractivity contribution is -0.141. The molecule has 0 saturated carbocycles. The Bertz CT molecular complexity index is 1490. The Kier molecular flexibility index (Phi) is 6.73. The molecular weight excluding hydrogens is 495 g/mol. The number of pyridine rings is 1. The third-order valence-electron chi connectivity index (χ3n) is 5.03. The number of amides is 1. The highest BCUT2D eigenvalue weighted by Crippen LogP contribution is 2.32. The van der Waals surface area contributed by atoms with Crippen molar-refractivity contribution in [3.63, 3.8) is 0 Å². The minimum absolute atomic E-state index is 0.0101. The molecule has 0 atom stereocenters. The van der Waals surface area contributed by atoms with Crippen LogP contribution in [0, 0.1) is 0 Å². The molecule has 0 unspecified atom stereocenters. The van der Waals surface area contributed by atoms with E-state index in [-0.39, 0.29) is 39.9 Å². The van der Waals surface area contributed by atoms with Gasteiger partial charge in [-0.3, -0.25) is 4.79 Å². The summed E-state index contributed by atoms with van der Waals surface area (Å²) >= 11 is 0. The van der Waals surface area contributed by atoms with Crippen LogP contribution in [0.4, 0.5) is 24.8 Å². The number of ether oxygens (including phenoxy) is 2. The largest absolute Gasteiger partial charge is 0.480 e. The topological polar surface area (TPSA) is 147 Å². The molecule has 14 heteroatoms. The molecule has 0 aliphatic carbocycles. The van der Waals surface area contributed by atoms with Gasteiger partial charge in [-0.05, 0) is 30.3 Å². The summed E-state index contributed by atoms with van der Waals surface area (Å²) in [5.74, 6) is -1.46. The van der Waals surface area contributed by atoms with Crippen molar-refractivity contribution in [3.05, 3.63) is 71.8 Å². The smallest absolute Gasteiger partial charge is 0.435 e. The zero-order valence-corrected chi connectivity index (χ0v) is 19.3. The van der Waals surface area contributed by atoms with Crippen LogP contribution < -0.4 is 15.8 Å². The summed E-state index contributed by atoms with van der Waals surface area (Å²) in [6, 6.07) is 8.36. The molecule has 1 aromatic carbocycles. The van der Waals surface area contributed by atoms with E-state index in [9.17, 15) is 22.8 Å². The molecule has 0 bridgehead atoms. The van der Waals surface area contributed by atoms with Gasteiger partial charge in [-0.2, -0.15) is 23.3 Å². The number of carbonyl (C=O) groups excluding carboxylic acids is 2. The molecule has 3 aromatic heterocycles. The van der Waals surface area contributed by atoms with E-state index in [0.29, 0.717) is 5.69 Å². The molecular formula is C23H18F3N7O4. The minimum Gasteiger partial charge on any atom is -0.480 e. The van der Waals surface area contributed by atoms with E-state index in [2.05, 4.69) is 25.4 Å². The Morgan fingerprint density at radius 3 is 2.51 bits per heavy atom. The summed E-state index contributed by atoms with van der Waals surface area (Å²) < 4.78 is 50.5. The van der Waals surface area contributed by atoms with Crippen molar-refractivity contribution in [1.29, 1.82) is 0 Å². The predicted molar refractivity (Wildman–Crippen MR) is 124 cm³/mol. The lowest BCUT2D eigenvalue weighted by Gasteiger charge is -2.13. The van der Waals surface area contributed by atoms with Gasteiger partial charge in [0.15, 0.2) is 11.5 Å². The average molecular weight is 513 g/mol. The van der Waals surface area contributed by atoms with Gasteiger partial charge in [-0.15, -0.1) is 0 Å². The standard InChI is InChI=1S/C23H18F3N7O4/c1-36-20-15(21(35)37-2)9-13(10-28-20)16-11-29-22(30-14-5-3-4-12(8-14)18(27)34)31-19(16)33-7-6-17(32-33)23(24,25)26/h3-11H,1-2H3,(H2,27,34)(H,29,30,31). The first-order valence-electron chi connectivity index (χ1n) is 10.4. The monoisotopic (exact) mass is 513 g/mol. The number of primary amides is 1. The SMILES string of the molecule is COC(=O)c1cc(-c2cnc(Nc3cccc(C(N)=O)c3)nc2-n2ccc(C(F)(F)F)n2)cnc1OC. The Hall–Kier alpha value is -5.01. The molecule has 0 aliphatic rings. The van der Waals surface area contributed by atoms with E-state index in [1.807, 2.05) is 0 Å². The van der Waals surface area contributed by atoms with Gasteiger partial charge in [-0.1, -0.05) is 6.07 Å². The lowest BCUT2D eigenvalue weighted by atomic mass is 10.1. The number of esters is 1. The molecule has 3 heterocycles. The van der Waals surface area contributed by atoms with E-state index in [1.54, 1.807) is 12.1 Å². The van der Waals surface area contributed by atoms with E-state index < -0.39 is 23.7 Å². The highest BCUT2D eigenvalue weighted by Gasteiger charge is 2.34. The number of alkyl halides is 3. The molecule has 1 amide bonds. The molecule has 37 heavy (non-hydrogen) atoms. The molecule has 0 spiro atoms. The average Bonchev–Trinajstić information content (AvgIpc) is 3.39. The van der Waals surface area contributed by atoms with Gasteiger partial charge in [-0.25, -0.2) is 19.4 Å². The Labute approximate surface area is 207 Å². The summed E-state index contributed by atoms with van der Waals surface area (Å²) in [5, 5.41) is 6.49. The van der Waals surface area contributed by atoms with Gasteiger partial charge in [0.1, 0.15) is 5.56 Å². The minimum atomic E-state index is -4.69. The van der Waals surface area contributed by atoms with E-state index in [1.165, 1.54) is 44.8 Å². The van der Waals surface area contributed by atoms with Gasteiger partial charge in [0, 0.05) is 41.0 Å². The predicted octanol–water partition coefficient (Wildman–Crippen LogP) is 3.38. The molecule has 11 nitrogen and oxygen atoms in total. The number of rotatable bonds is 7. The first-order valence-corrected chi connectivity index (χ1v) is 10.4. The van der Waals surface area contributed by atoms with Crippen molar-refractivity contribution >= 4 is 23.5 Å². The third kappa shape index (κ3) is 5.32. The highest BCUT2D eigenvalue weighted by molar-refractivity contribution is 5.94. The van der Waals surface area contributed by atoms with Crippen LogP contribution in [0.2, 0.25) is 0 Å². The third-order valence-corrected chi connectivity index (χ3v) is 5.03. The number of carbonyl (C=O) groups is 2. The molecule has 0 radical (unpaired) electrons. The van der Waals surface area contributed by atoms with Crippen LogP contribution in [0.3, 0.4) is 0 Å². The van der Waals surface area contributed by atoms with Gasteiger partial charge >= 0.3 is 12.1 Å². The number of aromatic nitrogens is 5. The number of halogens is 3. The van der Waals surface area contributed by atoms with E-state index >= 15 is 0 Å². The fraction of sp³-hybridized carbons (Fsp3) is 0.130. The van der Waals surface area contributed by atoms with Crippen molar-refractivity contribution in [1.82, 2.24) is 24.7 Å². The summed E-state index contributed by atoms with van der Waals surface area (Å²) in [7, 11) is 2.50. The molecule has 0 aliphatic heterocycles. The van der Waals surface area contributed by atoms with Crippen molar-refractivity contribution in [3.8, 4) is 22.8 Å². The van der Waals surface area contributed by atoms with Crippen LogP contribution in [0.25, 0.3) is 16.9 Å². The van der Waals surface area contributed by atoms with E-state index in [4.69, 9.17) is 15.2 Å². The number of methoxy groups -OCH3 is 2. The number of hydrogen-bond acceptors (Lipinski definition) is 9.